The lowest BCUT2D eigenvalue weighted by atomic mass is 9.73. The maximum Gasteiger partial charge on any atom is 0.196 e. The number of halogens is 1. The van der Waals surface area contributed by atoms with Gasteiger partial charge in [-0.15, -0.1) is 17.0 Å². The summed E-state index contributed by atoms with van der Waals surface area (Å²) in [5.41, 5.74) is 1.88. The van der Waals surface area contributed by atoms with Crippen molar-refractivity contribution in [1.29, 1.82) is 5.41 Å². The highest BCUT2D eigenvalue weighted by Gasteiger charge is 2.44. The van der Waals surface area contributed by atoms with Crippen molar-refractivity contribution in [3.05, 3.63) is 71.8 Å². The average Bonchev–Trinajstić information content (AvgIpc) is 2.84. The zero-order valence-corrected chi connectivity index (χ0v) is 12.2. The van der Waals surface area contributed by atoms with E-state index in [1.54, 1.807) is 0 Å². The molecule has 0 spiro atoms. The van der Waals surface area contributed by atoms with E-state index in [9.17, 15) is 0 Å². The summed E-state index contributed by atoms with van der Waals surface area (Å²) in [4.78, 5) is 0. The first-order valence-corrected chi connectivity index (χ1v) is 6.17. The van der Waals surface area contributed by atoms with Gasteiger partial charge in [0.25, 0.3) is 0 Å². The molecule has 2 aromatic rings. The van der Waals surface area contributed by atoms with Crippen LogP contribution in [0.5, 0.6) is 0 Å². The Morgan fingerprint density at radius 2 is 1.32 bits per heavy atom. The van der Waals surface area contributed by atoms with E-state index in [0.29, 0.717) is 12.5 Å². The van der Waals surface area contributed by atoms with Gasteiger partial charge in [-0.25, -0.2) is 0 Å². The van der Waals surface area contributed by atoms with Gasteiger partial charge in [0.2, 0.25) is 0 Å². The molecule has 0 aromatic heterocycles. The molecule has 98 valence electrons. The van der Waals surface area contributed by atoms with E-state index >= 15 is 0 Å². The van der Waals surface area contributed by atoms with Gasteiger partial charge in [-0.3, -0.25) is 5.41 Å². The maximum absolute atomic E-state index is 8.21. The number of hydrogen-bond donors (Lipinski definition) is 1. The molecule has 0 aliphatic carbocycles. The predicted octanol–water partition coefficient (Wildman–Crippen LogP) is 3.95. The summed E-state index contributed by atoms with van der Waals surface area (Å²) < 4.78 is 5.46. The van der Waals surface area contributed by atoms with Crippen LogP contribution in [0.4, 0.5) is 0 Å². The molecule has 1 N–H and O–H groups in total. The van der Waals surface area contributed by atoms with E-state index in [1.807, 2.05) is 36.4 Å². The van der Waals surface area contributed by atoms with E-state index in [0.717, 1.165) is 17.5 Å². The van der Waals surface area contributed by atoms with Crippen LogP contribution >= 0.6 is 17.0 Å². The zero-order chi connectivity index (χ0) is 12.4. The molecule has 0 radical (unpaired) electrons. The topological polar surface area (TPSA) is 33.1 Å². The van der Waals surface area contributed by atoms with E-state index in [2.05, 4.69) is 24.3 Å². The Kier molecular flexibility index (Phi) is 4.05. The number of rotatable bonds is 2. The van der Waals surface area contributed by atoms with Gasteiger partial charge in [-0.2, -0.15) is 0 Å². The van der Waals surface area contributed by atoms with E-state index < -0.39 is 5.41 Å². The summed E-state index contributed by atoms with van der Waals surface area (Å²) >= 11 is 0. The number of ether oxygens (including phenoxy) is 1. The van der Waals surface area contributed by atoms with Gasteiger partial charge in [-0.05, 0) is 11.1 Å². The molecular formula is C16H16BrNO. The van der Waals surface area contributed by atoms with Crippen molar-refractivity contribution in [3.8, 4) is 0 Å². The molecule has 3 rings (SSSR count). The van der Waals surface area contributed by atoms with Gasteiger partial charge in [0.15, 0.2) is 5.90 Å². The predicted molar refractivity (Wildman–Crippen MR) is 82.3 cm³/mol. The number of nitrogens with one attached hydrogen (secondary N) is 1. The second-order valence-electron chi connectivity index (χ2n) is 4.56. The largest absolute Gasteiger partial charge is 0.480 e. The first kappa shape index (κ1) is 13.8. The second-order valence-corrected chi connectivity index (χ2v) is 4.56. The molecule has 0 bridgehead atoms. The van der Waals surface area contributed by atoms with Gasteiger partial charge >= 0.3 is 0 Å². The average molecular weight is 318 g/mol. The Labute approximate surface area is 123 Å². The lowest BCUT2D eigenvalue weighted by molar-refractivity contribution is 0.341. The highest BCUT2D eigenvalue weighted by atomic mass is 79.9. The van der Waals surface area contributed by atoms with Crippen molar-refractivity contribution in [2.45, 2.75) is 11.8 Å². The minimum Gasteiger partial charge on any atom is -0.480 e. The summed E-state index contributed by atoms with van der Waals surface area (Å²) in [6.45, 7) is 0.614. The summed E-state index contributed by atoms with van der Waals surface area (Å²) in [5, 5.41) is 8.21. The first-order chi connectivity index (χ1) is 8.84. The summed E-state index contributed by atoms with van der Waals surface area (Å²) in [7, 11) is 0. The number of hydrogen-bond acceptors (Lipinski definition) is 2. The lowest BCUT2D eigenvalue weighted by Gasteiger charge is -2.27. The van der Waals surface area contributed by atoms with E-state index in [-0.39, 0.29) is 17.0 Å². The Bertz CT molecular complexity index is 514. The molecule has 2 nitrogen and oxygen atoms in total. The van der Waals surface area contributed by atoms with Crippen molar-refractivity contribution >= 4 is 22.9 Å². The molecule has 2 aromatic carbocycles. The Morgan fingerprint density at radius 1 is 0.842 bits per heavy atom. The minimum absolute atomic E-state index is 0. The molecule has 0 unspecified atom stereocenters. The third-order valence-electron chi connectivity index (χ3n) is 3.64. The summed E-state index contributed by atoms with van der Waals surface area (Å²) in [6.07, 6.45) is 0.833. The van der Waals surface area contributed by atoms with Crippen molar-refractivity contribution in [2.75, 3.05) is 6.61 Å². The summed E-state index contributed by atoms with van der Waals surface area (Å²) in [6, 6.07) is 20.4. The fourth-order valence-electron chi connectivity index (χ4n) is 2.71. The van der Waals surface area contributed by atoms with Crippen LogP contribution in [0.1, 0.15) is 17.5 Å². The first-order valence-electron chi connectivity index (χ1n) is 6.17. The van der Waals surface area contributed by atoms with E-state index in [1.165, 1.54) is 0 Å². The molecule has 1 aliphatic heterocycles. The molecule has 1 saturated heterocycles. The maximum atomic E-state index is 8.21. The highest BCUT2D eigenvalue weighted by Crippen LogP contribution is 2.40. The molecular weight excluding hydrogens is 302 g/mol. The van der Waals surface area contributed by atoms with Gasteiger partial charge in [0.05, 0.1) is 12.0 Å². The van der Waals surface area contributed by atoms with Crippen LogP contribution in [-0.4, -0.2) is 12.5 Å². The van der Waals surface area contributed by atoms with Crippen molar-refractivity contribution in [2.24, 2.45) is 0 Å². The third kappa shape index (κ3) is 2.19. The SMILES string of the molecule is Br.N=C1OCCC1(c1ccccc1)c1ccccc1. The Morgan fingerprint density at radius 3 is 1.68 bits per heavy atom. The van der Waals surface area contributed by atoms with Crippen LogP contribution < -0.4 is 0 Å². The van der Waals surface area contributed by atoms with Crippen LogP contribution in [0.25, 0.3) is 0 Å². The Balaban J connectivity index is 0.00000133. The molecule has 0 atom stereocenters. The lowest BCUT2D eigenvalue weighted by Crippen LogP contribution is -2.32. The molecule has 1 aliphatic rings. The molecule has 0 amide bonds. The van der Waals surface area contributed by atoms with Crippen molar-refractivity contribution < 1.29 is 4.74 Å². The van der Waals surface area contributed by atoms with Crippen LogP contribution in [0.2, 0.25) is 0 Å². The van der Waals surface area contributed by atoms with Crippen LogP contribution in [0.3, 0.4) is 0 Å². The smallest absolute Gasteiger partial charge is 0.196 e. The van der Waals surface area contributed by atoms with Gasteiger partial charge in [0, 0.05) is 6.42 Å². The highest BCUT2D eigenvalue weighted by molar-refractivity contribution is 8.93. The fraction of sp³-hybridized carbons (Fsp3) is 0.188. The zero-order valence-electron chi connectivity index (χ0n) is 10.5. The molecule has 1 heterocycles. The van der Waals surface area contributed by atoms with Gasteiger partial charge in [0.1, 0.15) is 0 Å². The molecule has 19 heavy (non-hydrogen) atoms. The monoisotopic (exact) mass is 317 g/mol. The fourth-order valence-corrected chi connectivity index (χ4v) is 2.71. The standard InChI is InChI=1S/C16H15NO.BrH/c17-15-16(11-12-18-15,13-7-3-1-4-8-13)14-9-5-2-6-10-14;/h1-10,17H,11-12H2;1H. The van der Waals surface area contributed by atoms with Crippen LogP contribution in [0, 0.1) is 5.41 Å². The normalized spacial score (nSPS) is 16.5. The van der Waals surface area contributed by atoms with Gasteiger partial charge < -0.3 is 4.74 Å². The Hall–Kier alpha value is -1.61. The molecule has 0 saturated carbocycles. The quantitative estimate of drug-likeness (QED) is 0.893. The molecule has 3 heteroatoms. The third-order valence-corrected chi connectivity index (χ3v) is 3.64. The summed E-state index contributed by atoms with van der Waals surface area (Å²) in [5.74, 6) is 0.361. The van der Waals surface area contributed by atoms with E-state index in [4.69, 9.17) is 10.1 Å². The van der Waals surface area contributed by atoms with Crippen LogP contribution in [0.15, 0.2) is 60.7 Å². The van der Waals surface area contributed by atoms with Crippen LogP contribution in [-0.2, 0) is 10.2 Å². The van der Waals surface area contributed by atoms with Crippen molar-refractivity contribution in [1.82, 2.24) is 0 Å². The molecule has 1 fully saturated rings. The minimum atomic E-state index is -0.400. The van der Waals surface area contributed by atoms with Gasteiger partial charge in [-0.1, -0.05) is 60.7 Å². The number of benzene rings is 2. The second kappa shape index (κ2) is 5.57. The van der Waals surface area contributed by atoms with Crippen molar-refractivity contribution in [3.63, 3.8) is 0 Å².